The van der Waals surface area contributed by atoms with Gasteiger partial charge in [-0.2, -0.15) is 0 Å². The van der Waals surface area contributed by atoms with Gasteiger partial charge in [0.15, 0.2) is 0 Å². The molecule has 1 aromatic carbocycles. The molecule has 1 aliphatic heterocycles. The van der Waals surface area contributed by atoms with E-state index in [1.165, 1.54) is 22.6 Å². The summed E-state index contributed by atoms with van der Waals surface area (Å²) in [6.45, 7) is 2.48. The van der Waals surface area contributed by atoms with Crippen molar-refractivity contribution in [3.8, 4) is 0 Å². The molecule has 1 atom stereocenters. The normalized spacial score (nSPS) is 17.2. The van der Waals surface area contributed by atoms with Crippen molar-refractivity contribution in [1.82, 2.24) is 4.90 Å². The lowest BCUT2D eigenvalue weighted by atomic mass is 10.1. The summed E-state index contributed by atoms with van der Waals surface area (Å²) < 4.78 is 12.8. The average molecular weight is 277 g/mol. The first-order chi connectivity index (χ1) is 9.22. The molecule has 0 amide bonds. The first-order valence-corrected chi connectivity index (χ1v) is 7.31. The molecule has 0 spiro atoms. The third kappa shape index (κ3) is 2.86. The monoisotopic (exact) mass is 277 g/mol. The molecule has 100 valence electrons. The Bertz CT molecular complexity index is 552. The number of nitrogens with zero attached hydrogens (tertiary/aromatic N) is 1. The summed E-state index contributed by atoms with van der Waals surface area (Å²) in [5, 5.41) is 12.3. The second-order valence-corrected chi connectivity index (χ2v) is 5.92. The predicted octanol–water partition coefficient (Wildman–Crippen LogP) is 2.98. The van der Waals surface area contributed by atoms with Crippen molar-refractivity contribution in [2.75, 3.05) is 13.1 Å². The number of halogens is 1. The maximum atomic E-state index is 12.8. The Labute approximate surface area is 116 Å². The first kappa shape index (κ1) is 12.8. The molecule has 0 fully saturated rings. The summed E-state index contributed by atoms with van der Waals surface area (Å²) >= 11 is 1.78. The van der Waals surface area contributed by atoms with E-state index >= 15 is 0 Å². The van der Waals surface area contributed by atoms with Crippen molar-refractivity contribution >= 4 is 11.3 Å². The van der Waals surface area contributed by atoms with Crippen LogP contribution in [0.5, 0.6) is 0 Å². The van der Waals surface area contributed by atoms with Crippen LogP contribution in [-0.2, 0) is 13.0 Å². The quantitative estimate of drug-likeness (QED) is 0.932. The minimum Gasteiger partial charge on any atom is -0.387 e. The zero-order valence-electron chi connectivity index (χ0n) is 10.6. The highest BCUT2D eigenvalue weighted by Crippen LogP contribution is 2.25. The van der Waals surface area contributed by atoms with E-state index in [1.807, 2.05) is 0 Å². The zero-order chi connectivity index (χ0) is 13.2. The summed E-state index contributed by atoms with van der Waals surface area (Å²) in [4.78, 5) is 3.66. The second-order valence-electron chi connectivity index (χ2n) is 4.92. The Morgan fingerprint density at radius 3 is 2.84 bits per heavy atom. The topological polar surface area (TPSA) is 23.5 Å². The molecule has 1 aliphatic rings. The van der Waals surface area contributed by atoms with Crippen LogP contribution in [0.4, 0.5) is 4.39 Å². The summed E-state index contributed by atoms with van der Waals surface area (Å²) in [7, 11) is 0. The molecule has 0 saturated heterocycles. The van der Waals surface area contributed by atoms with Gasteiger partial charge in [0.05, 0.1) is 6.10 Å². The van der Waals surface area contributed by atoms with Crippen LogP contribution in [0, 0.1) is 5.82 Å². The Morgan fingerprint density at radius 1 is 1.26 bits per heavy atom. The fraction of sp³-hybridized carbons (Fsp3) is 0.333. The van der Waals surface area contributed by atoms with E-state index in [4.69, 9.17) is 0 Å². The van der Waals surface area contributed by atoms with Gasteiger partial charge < -0.3 is 5.11 Å². The van der Waals surface area contributed by atoms with Gasteiger partial charge in [0.25, 0.3) is 0 Å². The van der Waals surface area contributed by atoms with Gasteiger partial charge in [-0.1, -0.05) is 12.1 Å². The van der Waals surface area contributed by atoms with Gasteiger partial charge in [-0.05, 0) is 41.1 Å². The van der Waals surface area contributed by atoms with Crippen LogP contribution in [0.3, 0.4) is 0 Å². The van der Waals surface area contributed by atoms with Gasteiger partial charge >= 0.3 is 0 Å². The second kappa shape index (κ2) is 5.41. The van der Waals surface area contributed by atoms with E-state index in [9.17, 15) is 9.50 Å². The van der Waals surface area contributed by atoms with Crippen molar-refractivity contribution in [1.29, 1.82) is 0 Å². The Balaban J connectivity index is 1.64. The molecule has 3 rings (SSSR count). The van der Waals surface area contributed by atoms with Crippen LogP contribution in [0.1, 0.15) is 22.1 Å². The molecule has 2 aromatic rings. The molecule has 0 radical (unpaired) electrons. The van der Waals surface area contributed by atoms with Crippen molar-refractivity contribution in [2.45, 2.75) is 19.1 Å². The van der Waals surface area contributed by atoms with Gasteiger partial charge in [-0.3, -0.25) is 4.90 Å². The van der Waals surface area contributed by atoms with Crippen LogP contribution in [0.15, 0.2) is 35.7 Å². The summed E-state index contributed by atoms with van der Waals surface area (Å²) in [5.41, 5.74) is 2.22. The van der Waals surface area contributed by atoms with Crippen molar-refractivity contribution in [2.24, 2.45) is 0 Å². The van der Waals surface area contributed by atoms with Crippen LogP contribution in [0.25, 0.3) is 0 Å². The maximum absolute atomic E-state index is 12.8. The molecule has 1 unspecified atom stereocenters. The smallest absolute Gasteiger partial charge is 0.123 e. The zero-order valence-corrected chi connectivity index (χ0v) is 11.4. The number of aliphatic hydroxyl groups is 1. The van der Waals surface area contributed by atoms with Gasteiger partial charge in [0.2, 0.25) is 0 Å². The lowest BCUT2D eigenvalue weighted by molar-refractivity contribution is 0.107. The van der Waals surface area contributed by atoms with E-state index in [0.717, 1.165) is 25.1 Å². The SMILES string of the molecule is OC(CN1CCc2ccsc2C1)c1ccc(F)cc1. The number of hydrogen-bond donors (Lipinski definition) is 1. The lowest BCUT2D eigenvalue weighted by Gasteiger charge is -2.28. The van der Waals surface area contributed by atoms with E-state index in [-0.39, 0.29) is 5.82 Å². The summed E-state index contributed by atoms with van der Waals surface area (Å²) in [6.07, 6.45) is 0.497. The molecule has 2 heterocycles. The molecule has 0 saturated carbocycles. The fourth-order valence-electron chi connectivity index (χ4n) is 2.48. The number of hydrogen-bond acceptors (Lipinski definition) is 3. The summed E-state index contributed by atoms with van der Waals surface area (Å²) in [6, 6.07) is 8.28. The van der Waals surface area contributed by atoms with Gasteiger partial charge in [0, 0.05) is 24.5 Å². The molecule has 19 heavy (non-hydrogen) atoms. The minimum atomic E-state index is -0.554. The number of rotatable bonds is 3. The van der Waals surface area contributed by atoms with E-state index < -0.39 is 6.10 Å². The number of fused-ring (bicyclic) bond motifs is 1. The molecular formula is C15H16FNOS. The van der Waals surface area contributed by atoms with Gasteiger partial charge in [0.1, 0.15) is 5.82 Å². The Hall–Kier alpha value is -1.23. The number of β-amino-alcohol motifs (C(OH)–C–C–N with tert-alkyl or cyclic N) is 1. The fourth-order valence-corrected chi connectivity index (χ4v) is 3.46. The predicted molar refractivity (Wildman–Crippen MR) is 74.7 cm³/mol. The summed E-state index contributed by atoms with van der Waals surface area (Å²) in [5.74, 6) is -0.267. The first-order valence-electron chi connectivity index (χ1n) is 6.43. The number of benzene rings is 1. The minimum absolute atomic E-state index is 0.267. The molecule has 2 nitrogen and oxygen atoms in total. The molecule has 0 bridgehead atoms. The van der Waals surface area contributed by atoms with Crippen LogP contribution < -0.4 is 0 Å². The molecule has 1 N–H and O–H groups in total. The third-order valence-electron chi connectivity index (χ3n) is 3.59. The van der Waals surface area contributed by atoms with E-state index in [0.29, 0.717) is 6.54 Å². The third-order valence-corrected chi connectivity index (χ3v) is 4.54. The van der Waals surface area contributed by atoms with E-state index in [1.54, 1.807) is 23.5 Å². The highest BCUT2D eigenvalue weighted by molar-refractivity contribution is 7.10. The van der Waals surface area contributed by atoms with Crippen LogP contribution in [-0.4, -0.2) is 23.1 Å². The molecule has 1 aromatic heterocycles. The van der Waals surface area contributed by atoms with E-state index in [2.05, 4.69) is 16.3 Å². The van der Waals surface area contributed by atoms with Crippen molar-refractivity contribution < 1.29 is 9.50 Å². The van der Waals surface area contributed by atoms with Crippen molar-refractivity contribution in [3.05, 3.63) is 57.5 Å². The van der Waals surface area contributed by atoms with Gasteiger partial charge in [-0.25, -0.2) is 4.39 Å². The molecule has 4 heteroatoms. The highest BCUT2D eigenvalue weighted by atomic mass is 32.1. The maximum Gasteiger partial charge on any atom is 0.123 e. The Kier molecular flexibility index (Phi) is 3.64. The largest absolute Gasteiger partial charge is 0.387 e. The van der Waals surface area contributed by atoms with Crippen LogP contribution in [0.2, 0.25) is 0 Å². The Morgan fingerprint density at radius 2 is 2.05 bits per heavy atom. The lowest BCUT2D eigenvalue weighted by Crippen LogP contribution is -2.33. The average Bonchev–Trinajstić information content (AvgIpc) is 2.87. The van der Waals surface area contributed by atoms with Crippen molar-refractivity contribution in [3.63, 3.8) is 0 Å². The number of thiophene rings is 1. The standard InChI is InChI=1S/C15H16FNOS/c16-13-3-1-11(2-4-13)14(18)9-17-7-5-12-6-8-19-15(12)10-17/h1-4,6,8,14,18H,5,7,9-10H2. The molecular weight excluding hydrogens is 261 g/mol. The van der Waals surface area contributed by atoms with Crippen LogP contribution >= 0.6 is 11.3 Å². The van der Waals surface area contributed by atoms with Gasteiger partial charge in [-0.15, -0.1) is 11.3 Å². The highest BCUT2D eigenvalue weighted by Gasteiger charge is 2.20. The number of aliphatic hydroxyl groups excluding tert-OH is 1. The molecule has 0 aliphatic carbocycles.